The van der Waals surface area contributed by atoms with Crippen molar-refractivity contribution in [3.05, 3.63) is 23.3 Å². The maximum absolute atomic E-state index is 11.7. The van der Waals surface area contributed by atoms with Crippen molar-refractivity contribution >= 4 is 5.97 Å². The zero-order valence-corrected chi connectivity index (χ0v) is 8.09. The van der Waals surface area contributed by atoms with E-state index in [0.717, 1.165) is 19.3 Å². The van der Waals surface area contributed by atoms with Crippen molar-refractivity contribution in [3.8, 4) is 0 Å². The zero-order valence-electron chi connectivity index (χ0n) is 8.09. The minimum absolute atomic E-state index is 0.0654. The van der Waals surface area contributed by atoms with E-state index in [4.69, 9.17) is 4.74 Å². The first-order valence-electron chi connectivity index (χ1n) is 4.67. The molecule has 0 radical (unpaired) electrons. The highest BCUT2D eigenvalue weighted by atomic mass is 16.5. The van der Waals surface area contributed by atoms with Crippen molar-refractivity contribution < 1.29 is 9.53 Å². The third-order valence-electron chi connectivity index (χ3n) is 3.19. The summed E-state index contributed by atoms with van der Waals surface area (Å²) >= 11 is 0. The quantitative estimate of drug-likeness (QED) is 0.575. The van der Waals surface area contributed by atoms with E-state index in [2.05, 4.69) is 19.1 Å². The molecule has 0 aromatic heterocycles. The van der Waals surface area contributed by atoms with Crippen molar-refractivity contribution in [2.45, 2.75) is 26.2 Å². The van der Waals surface area contributed by atoms with Gasteiger partial charge in [0.15, 0.2) is 0 Å². The molecule has 2 aliphatic rings. The Hall–Kier alpha value is -1.05. The van der Waals surface area contributed by atoms with Crippen molar-refractivity contribution in [1.82, 2.24) is 0 Å². The number of methoxy groups -OCH3 is 1. The summed E-state index contributed by atoms with van der Waals surface area (Å²) in [6.07, 6.45) is 7.08. The van der Waals surface area contributed by atoms with Crippen LogP contribution in [-0.4, -0.2) is 13.1 Å². The van der Waals surface area contributed by atoms with Crippen LogP contribution in [0.1, 0.15) is 26.2 Å². The monoisotopic (exact) mass is 178 g/mol. The molecule has 13 heavy (non-hydrogen) atoms. The van der Waals surface area contributed by atoms with Gasteiger partial charge in [-0.15, -0.1) is 0 Å². The van der Waals surface area contributed by atoms with E-state index in [1.165, 1.54) is 18.3 Å². The summed E-state index contributed by atoms with van der Waals surface area (Å²) in [7, 11) is 1.47. The first kappa shape index (κ1) is 8.54. The molecule has 0 N–H and O–H groups in total. The number of rotatable bonds is 1. The molecule has 0 bridgehead atoms. The van der Waals surface area contributed by atoms with Gasteiger partial charge in [0.05, 0.1) is 12.5 Å². The Morgan fingerprint density at radius 1 is 1.54 bits per heavy atom. The Morgan fingerprint density at radius 2 is 2.31 bits per heavy atom. The topological polar surface area (TPSA) is 26.3 Å². The lowest BCUT2D eigenvalue weighted by atomic mass is 9.81. The number of hydrogen-bond donors (Lipinski definition) is 0. The summed E-state index contributed by atoms with van der Waals surface area (Å²) in [5, 5.41) is 0. The second kappa shape index (κ2) is 2.72. The molecule has 2 heteroatoms. The van der Waals surface area contributed by atoms with E-state index >= 15 is 0 Å². The van der Waals surface area contributed by atoms with Crippen LogP contribution in [0.4, 0.5) is 0 Å². The maximum Gasteiger partial charge on any atom is 0.316 e. The molecule has 0 aromatic carbocycles. The van der Waals surface area contributed by atoms with E-state index in [1.54, 1.807) is 0 Å². The molecular formula is C11H14O2. The molecule has 0 fully saturated rings. The standard InChI is InChI=1S/C11H14O2/c1-8-5-7-11(10(12)13-2)6-3-4-9(8)11/h4-5H,3,6-7H2,1-2H3. The molecule has 0 spiro atoms. The molecule has 0 aliphatic heterocycles. The lowest BCUT2D eigenvalue weighted by Crippen LogP contribution is -2.29. The number of esters is 1. The van der Waals surface area contributed by atoms with Crippen molar-refractivity contribution in [2.75, 3.05) is 7.11 Å². The predicted molar refractivity (Wildman–Crippen MR) is 50.1 cm³/mol. The fourth-order valence-electron chi connectivity index (χ4n) is 2.47. The van der Waals surface area contributed by atoms with Gasteiger partial charge in [0.2, 0.25) is 0 Å². The Morgan fingerprint density at radius 3 is 3.00 bits per heavy atom. The lowest BCUT2D eigenvalue weighted by molar-refractivity contribution is -0.149. The van der Waals surface area contributed by atoms with Crippen LogP contribution in [0.25, 0.3) is 0 Å². The number of allylic oxidation sites excluding steroid dienone is 3. The van der Waals surface area contributed by atoms with Crippen LogP contribution in [0.2, 0.25) is 0 Å². The van der Waals surface area contributed by atoms with Crippen LogP contribution in [0.15, 0.2) is 23.3 Å². The van der Waals surface area contributed by atoms with Crippen LogP contribution in [-0.2, 0) is 9.53 Å². The molecule has 0 saturated heterocycles. The van der Waals surface area contributed by atoms with Gasteiger partial charge in [0, 0.05) is 0 Å². The summed E-state index contributed by atoms with van der Waals surface area (Å²) < 4.78 is 4.87. The van der Waals surface area contributed by atoms with Gasteiger partial charge in [0.25, 0.3) is 0 Å². The minimum Gasteiger partial charge on any atom is -0.468 e. The fraction of sp³-hybridized carbons (Fsp3) is 0.545. The summed E-state index contributed by atoms with van der Waals surface area (Å²) in [4.78, 5) is 11.7. The number of carbonyl (C=O) groups is 1. The highest BCUT2D eigenvalue weighted by molar-refractivity contribution is 5.84. The average molecular weight is 178 g/mol. The SMILES string of the molecule is COC(=O)C12CC=C(C)C1=CCC2. The minimum atomic E-state index is -0.307. The van der Waals surface area contributed by atoms with E-state index in [0.29, 0.717) is 0 Å². The van der Waals surface area contributed by atoms with Crippen LogP contribution in [0.3, 0.4) is 0 Å². The van der Waals surface area contributed by atoms with Crippen LogP contribution in [0, 0.1) is 5.41 Å². The van der Waals surface area contributed by atoms with Gasteiger partial charge in [-0.1, -0.05) is 17.7 Å². The van der Waals surface area contributed by atoms with Gasteiger partial charge in [-0.2, -0.15) is 0 Å². The number of hydrogen-bond acceptors (Lipinski definition) is 2. The summed E-state index contributed by atoms with van der Waals surface area (Å²) in [6.45, 7) is 2.07. The molecule has 70 valence electrons. The molecule has 0 aromatic rings. The molecule has 2 nitrogen and oxygen atoms in total. The van der Waals surface area contributed by atoms with Gasteiger partial charge >= 0.3 is 5.97 Å². The van der Waals surface area contributed by atoms with Gasteiger partial charge < -0.3 is 4.74 Å². The van der Waals surface area contributed by atoms with Crippen LogP contribution < -0.4 is 0 Å². The number of carbonyl (C=O) groups excluding carboxylic acids is 1. The lowest BCUT2D eigenvalue weighted by Gasteiger charge is -2.23. The molecule has 2 aliphatic carbocycles. The second-order valence-corrected chi connectivity index (χ2v) is 3.82. The molecule has 0 saturated carbocycles. The largest absolute Gasteiger partial charge is 0.468 e. The van der Waals surface area contributed by atoms with E-state index < -0.39 is 0 Å². The van der Waals surface area contributed by atoms with Crippen LogP contribution in [0.5, 0.6) is 0 Å². The second-order valence-electron chi connectivity index (χ2n) is 3.82. The highest BCUT2D eigenvalue weighted by Crippen LogP contribution is 2.50. The highest BCUT2D eigenvalue weighted by Gasteiger charge is 2.47. The molecule has 1 atom stereocenters. The Kier molecular flexibility index (Phi) is 1.79. The van der Waals surface area contributed by atoms with Gasteiger partial charge in [-0.25, -0.2) is 0 Å². The average Bonchev–Trinajstić information content (AvgIpc) is 2.67. The van der Waals surface area contributed by atoms with Crippen LogP contribution >= 0.6 is 0 Å². The van der Waals surface area contributed by atoms with Gasteiger partial charge in [0.1, 0.15) is 0 Å². The third kappa shape index (κ3) is 0.978. The van der Waals surface area contributed by atoms with Gasteiger partial charge in [-0.3, -0.25) is 4.79 Å². The van der Waals surface area contributed by atoms with Crippen molar-refractivity contribution in [2.24, 2.45) is 5.41 Å². The first-order chi connectivity index (χ1) is 6.20. The number of fused-ring (bicyclic) bond motifs is 1. The Labute approximate surface area is 78.3 Å². The Balaban J connectivity index is 2.37. The maximum atomic E-state index is 11.7. The molecule has 0 heterocycles. The summed E-state index contributed by atoms with van der Waals surface area (Å²) in [5.41, 5.74) is 2.15. The fourth-order valence-corrected chi connectivity index (χ4v) is 2.47. The Bertz CT molecular complexity index is 312. The molecule has 2 rings (SSSR count). The smallest absolute Gasteiger partial charge is 0.316 e. The molecule has 0 amide bonds. The normalized spacial score (nSPS) is 30.9. The predicted octanol–water partition coefficient (Wildman–Crippen LogP) is 2.22. The van der Waals surface area contributed by atoms with E-state index in [-0.39, 0.29) is 11.4 Å². The zero-order chi connectivity index (χ0) is 9.47. The first-order valence-corrected chi connectivity index (χ1v) is 4.67. The van der Waals surface area contributed by atoms with Crippen molar-refractivity contribution in [1.29, 1.82) is 0 Å². The third-order valence-corrected chi connectivity index (χ3v) is 3.19. The number of ether oxygens (including phenoxy) is 1. The van der Waals surface area contributed by atoms with Gasteiger partial charge in [-0.05, 0) is 31.8 Å². The van der Waals surface area contributed by atoms with Crippen molar-refractivity contribution in [3.63, 3.8) is 0 Å². The molecular weight excluding hydrogens is 164 g/mol. The van der Waals surface area contributed by atoms with E-state index in [9.17, 15) is 4.79 Å². The summed E-state index contributed by atoms with van der Waals surface area (Å²) in [6, 6.07) is 0. The summed E-state index contributed by atoms with van der Waals surface area (Å²) in [5.74, 6) is -0.0654. The van der Waals surface area contributed by atoms with E-state index in [1.807, 2.05) is 0 Å². The molecule has 1 unspecified atom stereocenters.